The van der Waals surface area contributed by atoms with Gasteiger partial charge < -0.3 is 16.2 Å². The molecule has 1 aromatic rings. The first-order valence-corrected chi connectivity index (χ1v) is 7.49. The number of anilines is 1. The standard InChI is InChI=1S/C14H21N5O3/c1-18-4-3-12(17-18)19-5-2-10(14(19)22)16-13(21)6-8-9(15)7-11(8)20/h3-4,8-11,20H,2,5-7,15H2,1H3,(H,16,21)/t8-,9+,10?,11-/m1/s1. The predicted octanol–water partition coefficient (Wildman–Crippen LogP) is -1.26. The van der Waals surface area contributed by atoms with E-state index in [0.29, 0.717) is 25.2 Å². The second-order valence-electron chi connectivity index (χ2n) is 6.08. The van der Waals surface area contributed by atoms with Gasteiger partial charge in [0.1, 0.15) is 6.04 Å². The van der Waals surface area contributed by atoms with Gasteiger partial charge >= 0.3 is 0 Å². The van der Waals surface area contributed by atoms with Gasteiger partial charge in [-0.1, -0.05) is 0 Å². The lowest BCUT2D eigenvalue weighted by atomic mass is 9.75. The van der Waals surface area contributed by atoms with E-state index in [-0.39, 0.29) is 30.2 Å². The van der Waals surface area contributed by atoms with Crippen LogP contribution in [0.2, 0.25) is 0 Å². The van der Waals surface area contributed by atoms with Crippen LogP contribution in [0.4, 0.5) is 5.82 Å². The van der Waals surface area contributed by atoms with Gasteiger partial charge in [0, 0.05) is 44.2 Å². The van der Waals surface area contributed by atoms with Crippen LogP contribution in [0.1, 0.15) is 19.3 Å². The minimum Gasteiger partial charge on any atom is -0.393 e. The van der Waals surface area contributed by atoms with Crippen molar-refractivity contribution in [1.29, 1.82) is 0 Å². The molecule has 0 aromatic carbocycles. The molecule has 1 unspecified atom stereocenters. The van der Waals surface area contributed by atoms with Crippen molar-refractivity contribution in [3.63, 3.8) is 0 Å². The zero-order valence-corrected chi connectivity index (χ0v) is 12.5. The lowest BCUT2D eigenvalue weighted by molar-refractivity contribution is -0.129. The number of rotatable bonds is 4. The molecule has 1 aliphatic heterocycles. The van der Waals surface area contributed by atoms with E-state index in [2.05, 4.69) is 10.4 Å². The van der Waals surface area contributed by atoms with Gasteiger partial charge in [0.2, 0.25) is 5.91 Å². The first-order valence-electron chi connectivity index (χ1n) is 7.49. The molecule has 4 atom stereocenters. The van der Waals surface area contributed by atoms with Gasteiger partial charge in [-0.2, -0.15) is 5.10 Å². The number of nitrogens with one attached hydrogen (secondary N) is 1. The maximum Gasteiger partial charge on any atom is 0.250 e. The zero-order chi connectivity index (χ0) is 15.9. The van der Waals surface area contributed by atoms with Crippen LogP contribution in [0.3, 0.4) is 0 Å². The Morgan fingerprint density at radius 3 is 2.95 bits per heavy atom. The van der Waals surface area contributed by atoms with Crippen LogP contribution in [-0.4, -0.2) is 51.4 Å². The van der Waals surface area contributed by atoms with Crippen LogP contribution < -0.4 is 16.0 Å². The summed E-state index contributed by atoms with van der Waals surface area (Å²) < 4.78 is 1.63. The fourth-order valence-corrected chi connectivity index (χ4v) is 3.06. The SMILES string of the molecule is Cn1ccc(N2CCC(NC(=O)C[C@H]3[C@H](O)C[C@@H]3N)C2=O)n1. The van der Waals surface area contributed by atoms with E-state index in [9.17, 15) is 14.7 Å². The van der Waals surface area contributed by atoms with Gasteiger partial charge in [-0.3, -0.25) is 19.2 Å². The fourth-order valence-electron chi connectivity index (χ4n) is 3.06. The molecule has 2 fully saturated rings. The molecule has 1 saturated carbocycles. The largest absolute Gasteiger partial charge is 0.393 e. The monoisotopic (exact) mass is 307 g/mol. The van der Waals surface area contributed by atoms with Crippen LogP contribution in [0.5, 0.6) is 0 Å². The molecule has 1 saturated heterocycles. The maximum absolute atomic E-state index is 12.3. The van der Waals surface area contributed by atoms with Crippen LogP contribution in [0, 0.1) is 5.92 Å². The predicted molar refractivity (Wildman–Crippen MR) is 78.8 cm³/mol. The number of carbonyl (C=O) groups excluding carboxylic acids is 2. The summed E-state index contributed by atoms with van der Waals surface area (Å²) in [5.74, 6) is 0.00927. The third-order valence-corrected chi connectivity index (χ3v) is 4.50. The average Bonchev–Trinajstić information content (AvgIpc) is 3.04. The lowest BCUT2D eigenvalue weighted by Crippen LogP contribution is -2.53. The summed E-state index contributed by atoms with van der Waals surface area (Å²) in [5, 5.41) is 16.5. The van der Waals surface area contributed by atoms with E-state index in [0.717, 1.165) is 0 Å². The number of aromatic nitrogens is 2. The molecule has 0 bridgehead atoms. The number of amides is 2. The van der Waals surface area contributed by atoms with Crippen molar-refractivity contribution >= 4 is 17.6 Å². The molecule has 8 heteroatoms. The summed E-state index contributed by atoms with van der Waals surface area (Å²) in [6, 6.07) is 1.11. The molecule has 4 N–H and O–H groups in total. The molecule has 2 amide bonds. The van der Waals surface area contributed by atoms with E-state index in [1.54, 1.807) is 28.9 Å². The van der Waals surface area contributed by atoms with Crippen molar-refractivity contribution in [2.45, 2.75) is 37.5 Å². The van der Waals surface area contributed by atoms with E-state index in [1.165, 1.54) is 0 Å². The Morgan fingerprint density at radius 1 is 1.59 bits per heavy atom. The first kappa shape index (κ1) is 15.0. The van der Waals surface area contributed by atoms with Gasteiger partial charge in [-0.15, -0.1) is 0 Å². The number of aliphatic hydroxyl groups is 1. The third-order valence-electron chi connectivity index (χ3n) is 4.50. The van der Waals surface area contributed by atoms with Gasteiger partial charge in [0.05, 0.1) is 6.10 Å². The molecular weight excluding hydrogens is 286 g/mol. The van der Waals surface area contributed by atoms with Crippen molar-refractivity contribution < 1.29 is 14.7 Å². The summed E-state index contributed by atoms with van der Waals surface area (Å²) in [6.45, 7) is 0.534. The number of carbonyl (C=O) groups is 2. The zero-order valence-electron chi connectivity index (χ0n) is 12.5. The van der Waals surface area contributed by atoms with Crippen molar-refractivity contribution in [3.05, 3.63) is 12.3 Å². The number of nitrogens with zero attached hydrogens (tertiary/aromatic N) is 3. The van der Waals surface area contributed by atoms with Crippen molar-refractivity contribution in [2.24, 2.45) is 18.7 Å². The van der Waals surface area contributed by atoms with E-state index in [1.807, 2.05) is 0 Å². The highest BCUT2D eigenvalue weighted by molar-refractivity contribution is 6.00. The molecule has 2 aliphatic rings. The molecule has 2 heterocycles. The van der Waals surface area contributed by atoms with Crippen LogP contribution in [0.15, 0.2) is 12.3 Å². The quantitative estimate of drug-likeness (QED) is 0.642. The number of nitrogens with two attached hydrogens (primary N) is 1. The number of hydrogen-bond acceptors (Lipinski definition) is 5. The fraction of sp³-hybridized carbons (Fsp3) is 0.643. The van der Waals surface area contributed by atoms with E-state index < -0.39 is 12.1 Å². The Bertz CT molecular complexity index is 579. The van der Waals surface area contributed by atoms with Gasteiger partial charge in [0.25, 0.3) is 5.91 Å². The maximum atomic E-state index is 12.3. The molecular formula is C14H21N5O3. The molecule has 0 radical (unpaired) electrons. The second-order valence-corrected chi connectivity index (χ2v) is 6.08. The average molecular weight is 307 g/mol. The first-order chi connectivity index (χ1) is 10.5. The summed E-state index contributed by atoms with van der Waals surface area (Å²) in [7, 11) is 1.79. The van der Waals surface area contributed by atoms with Gasteiger partial charge in [0.15, 0.2) is 5.82 Å². The molecule has 120 valence electrons. The highest BCUT2D eigenvalue weighted by Gasteiger charge is 2.40. The summed E-state index contributed by atoms with van der Waals surface area (Å²) in [6.07, 6.45) is 2.52. The lowest BCUT2D eigenvalue weighted by Gasteiger charge is -2.38. The summed E-state index contributed by atoms with van der Waals surface area (Å²) >= 11 is 0. The number of aryl methyl sites for hydroxylation is 1. The van der Waals surface area contributed by atoms with Crippen molar-refractivity contribution in [1.82, 2.24) is 15.1 Å². The second kappa shape index (κ2) is 5.69. The van der Waals surface area contributed by atoms with Crippen LogP contribution in [-0.2, 0) is 16.6 Å². The smallest absolute Gasteiger partial charge is 0.250 e. The minimum atomic E-state index is -0.525. The molecule has 1 aliphatic carbocycles. The van der Waals surface area contributed by atoms with Crippen molar-refractivity contribution in [3.8, 4) is 0 Å². The molecule has 22 heavy (non-hydrogen) atoms. The van der Waals surface area contributed by atoms with Crippen LogP contribution in [0.25, 0.3) is 0 Å². The minimum absolute atomic E-state index is 0.134. The van der Waals surface area contributed by atoms with Gasteiger partial charge in [-0.05, 0) is 12.8 Å². The van der Waals surface area contributed by atoms with E-state index >= 15 is 0 Å². The third kappa shape index (κ3) is 2.71. The van der Waals surface area contributed by atoms with Gasteiger partial charge in [-0.25, -0.2) is 0 Å². The summed E-state index contributed by atoms with van der Waals surface area (Å²) in [5.41, 5.74) is 5.77. The molecule has 1 aromatic heterocycles. The Labute approximate surface area is 128 Å². The Morgan fingerprint density at radius 2 is 2.36 bits per heavy atom. The van der Waals surface area contributed by atoms with Crippen LogP contribution >= 0.6 is 0 Å². The Kier molecular flexibility index (Phi) is 3.88. The highest BCUT2D eigenvalue weighted by atomic mass is 16.3. The Balaban J connectivity index is 1.55. The topological polar surface area (TPSA) is 113 Å². The molecule has 0 spiro atoms. The molecule has 8 nitrogen and oxygen atoms in total. The number of hydrogen-bond donors (Lipinski definition) is 3. The normalized spacial score (nSPS) is 31.2. The molecule has 3 rings (SSSR count). The summed E-state index contributed by atoms with van der Waals surface area (Å²) in [4.78, 5) is 25.9. The van der Waals surface area contributed by atoms with E-state index in [4.69, 9.17) is 5.73 Å². The van der Waals surface area contributed by atoms with Crippen molar-refractivity contribution in [2.75, 3.05) is 11.4 Å². The number of aliphatic hydroxyl groups excluding tert-OH is 1. The highest BCUT2D eigenvalue weighted by Crippen LogP contribution is 2.29. The Hall–Kier alpha value is -1.93.